The predicted molar refractivity (Wildman–Crippen MR) is 110 cm³/mol. The molecule has 0 saturated heterocycles. The van der Waals surface area contributed by atoms with E-state index in [2.05, 4.69) is 16.7 Å². The number of benzene rings is 2. The van der Waals surface area contributed by atoms with Gasteiger partial charge >= 0.3 is 5.97 Å². The molecule has 28 heavy (non-hydrogen) atoms. The molecule has 1 unspecified atom stereocenters. The zero-order valence-electron chi connectivity index (χ0n) is 16.6. The number of aliphatic hydroxyl groups excluding tert-OH is 1. The Morgan fingerprint density at radius 2 is 1.89 bits per heavy atom. The van der Waals surface area contributed by atoms with Gasteiger partial charge in [0.25, 0.3) is 0 Å². The summed E-state index contributed by atoms with van der Waals surface area (Å²) in [6.07, 6.45) is 0.118. The Morgan fingerprint density at radius 1 is 1.14 bits per heavy atom. The Hall–Kier alpha value is -2.79. The second-order valence-corrected chi connectivity index (χ2v) is 6.80. The topological polar surface area (TPSA) is 60.7 Å². The van der Waals surface area contributed by atoms with Gasteiger partial charge < -0.3 is 19.1 Å². The molecule has 5 nitrogen and oxygen atoms in total. The number of esters is 1. The Balaban J connectivity index is 2.05. The molecular weight excluding hydrogens is 354 g/mol. The number of ether oxygens (including phenoxy) is 2. The molecule has 0 fully saturated rings. The second kappa shape index (κ2) is 8.93. The van der Waals surface area contributed by atoms with Gasteiger partial charge in [0.05, 0.1) is 18.3 Å². The number of hydrogen-bond acceptors (Lipinski definition) is 4. The first-order chi connectivity index (χ1) is 13.5. The molecule has 3 rings (SSSR count). The van der Waals surface area contributed by atoms with E-state index < -0.39 is 6.10 Å². The van der Waals surface area contributed by atoms with Crippen molar-refractivity contribution in [3.8, 4) is 5.75 Å². The molecule has 148 valence electrons. The summed E-state index contributed by atoms with van der Waals surface area (Å²) in [5, 5.41) is 10.6. The monoisotopic (exact) mass is 381 g/mol. The van der Waals surface area contributed by atoms with Crippen LogP contribution < -0.4 is 4.74 Å². The highest BCUT2D eigenvalue weighted by atomic mass is 16.5. The first-order valence-corrected chi connectivity index (χ1v) is 9.69. The Morgan fingerprint density at radius 3 is 2.57 bits per heavy atom. The lowest BCUT2D eigenvalue weighted by molar-refractivity contribution is 0.0527. The standard InChI is InChI=1S/C23H27NO4/c1-4-18(25)15-28-19-11-12-21-20(13-19)22(23(26)27-5-2)16(3)24(21)14-17-9-7-6-8-10-17/h6-13,18,25H,4-5,14-15H2,1-3H3. The highest BCUT2D eigenvalue weighted by Crippen LogP contribution is 2.31. The zero-order valence-corrected chi connectivity index (χ0v) is 16.6. The number of carbonyl (C=O) groups is 1. The number of hydrogen-bond donors (Lipinski definition) is 1. The summed E-state index contributed by atoms with van der Waals surface area (Å²) in [4.78, 5) is 12.7. The minimum Gasteiger partial charge on any atom is -0.491 e. The van der Waals surface area contributed by atoms with Crippen LogP contribution in [0.3, 0.4) is 0 Å². The van der Waals surface area contributed by atoms with Crippen LogP contribution in [0.4, 0.5) is 0 Å². The van der Waals surface area contributed by atoms with Crippen molar-refractivity contribution in [3.63, 3.8) is 0 Å². The normalized spacial score (nSPS) is 12.1. The minimum atomic E-state index is -0.510. The molecule has 1 aromatic heterocycles. The van der Waals surface area contributed by atoms with Crippen molar-refractivity contribution in [3.05, 3.63) is 65.4 Å². The van der Waals surface area contributed by atoms with Crippen LogP contribution in [0, 0.1) is 6.92 Å². The molecule has 1 N–H and O–H groups in total. The molecule has 0 bridgehead atoms. The third-order valence-corrected chi connectivity index (χ3v) is 4.87. The number of carbonyl (C=O) groups excluding carboxylic acids is 1. The van der Waals surface area contributed by atoms with Crippen LogP contribution in [-0.2, 0) is 11.3 Å². The van der Waals surface area contributed by atoms with Crippen LogP contribution >= 0.6 is 0 Å². The smallest absolute Gasteiger partial charge is 0.340 e. The van der Waals surface area contributed by atoms with Crippen molar-refractivity contribution in [1.82, 2.24) is 4.57 Å². The fraction of sp³-hybridized carbons (Fsp3) is 0.348. The van der Waals surface area contributed by atoms with E-state index in [1.165, 1.54) is 0 Å². The fourth-order valence-electron chi connectivity index (χ4n) is 3.29. The van der Waals surface area contributed by atoms with Crippen LogP contribution in [0.1, 0.15) is 41.9 Å². The summed E-state index contributed by atoms with van der Waals surface area (Å²) in [6.45, 7) is 6.86. The van der Waals surface area contributed by atoms with E-state index in [4.69, 9.17) is 9.47 Å². The van der Waals surface area contributed by atoms with Crippen molar-refractivity contribution in [2.75, 3.05) is 13.2 Å². The van der Waals surface area contributed by atoms with E-state index >= 15 is 0 Å². The molecule has 0 aliphatic heterocycles. The highest BCUT2D eigenvalue weighted by Gasteiger charge is 2.22. The van der Waals surface area contributed by atoms with Gasteiger partial charge in [0.15, 0.2) is 0 Å². The number of aromatic nitrogens is 1. The molecule has 0 aliphatic rings. The van der Waals surface area contributed by atoms with Crippen molar-refractivity contribution in [2.45, 2.75) is 39.8 Å². The van der Waals surface area contributed by atoms with Gasteiger partial charge in [-0.05, 0) is 44.0 Å². The molecule has 0 radical (unpaired) electrons. The van der Waals surface area contributed by atoms with Gasteiger partial charge in [-0.15, -0.1) is 0 Å². The second-order valence-electron chi connectivity index (χ2n) is 6.80. The number of aliphatic hydroxyl groups is 1. The zero-order chi connectivity index (χ0) is 20.1. The highest BCUT2D eigenvalue weighted by molar-refractivity contribution is 6.06. The quantitative estimate of drug-likeness (QED) is 0.590. The van der Waals surface area contributed by atoms with E-state index in [1.807, 2.05) is 50.2 Å². The summed E-state index contributed by atoms with van der Waals surface area (Å²) in [5.74, 6) is 0.296. The first kappa shape index (κ1) is 20.0. The average molecular weight is 381 g/mol. The SMILES string of the molecule is CCOC(=O)c1c(C)n(Cc2ccccc2)c2ccc(OCC(O)CC)cc12. The van der Waals surface area contributed by atoms with Gasteiger partial charge in [-0.25, -0.2) is 4.79 Å². The Labute approximate surface area is 165 Å². The van der Waals surface area contributed by atoms with E-state index in [0.717, 1.165) is 22.2 Å². The first-order valence-electron chi connectivity index (χ1n) is 9.69. The molecule has 0 amide bonds. The molecule has 2 aromatic carbocycles. The Bertz CT molecular complexity index is 946. The molecule has 0 saturated carbocycles. The summed E-state index contributed by atoms with van der Waals surface area (Å²) in [5.41, 5.74) is 3.54. The maximum atomic E-state index is 12.7. The largest absolute Gasteiger partial charge is 0.491 e. The van der Waals surface area contributed by atoms with Gasteiger partial charge in [0.2, 0.25) is 0 Å². The predicted octanol–water partition coefficient (Wildman–Crippen LogP) is 4.32. The average Bonchev–Trinajstić information content (AvgIpc) is 2.98. The summed E-state index contributed by atoms with van der Waals surface area (Å²) < 4.78 is 13.1. The van der Waals surface area contributed by atoms with Crippen molar-refractivity contribution in [1.29, 1.82) is 0 Å². The van der Waals surface area contributed by atoms with Gasteiger partial charge in [0.1, 0.15) is 12.4 Å². The molecule has 5 heteroatoms. The maximum Gasteiger partial charge on any atom is 0.340 e. The maximum absolute atomic E-state index is 12.7. The van der Waals surface area contributed by atoms with Crippen LogP contribution in [0.2, 0.25) is 0 Å². The van der Waals surface area contributed by atoms with Gasteiger partial charge in [-0.2, -0.15) is 0 Å². The molecule has 3 aromatic rings. The summed E-state index contributed by atoms with van der Waals surface area (Å²) >= 11 is 0. The number of fused-ring (bicyclic) bond motifs is 1. The lowest BCUT2D eigenvalue weighted by atomic mass is 10.1. The van der Waals surface area contributed by atoms with Gasteiger partial charge in [-0.1, -0.05) is 37.3 Å². The van der Waals surface area contributed by atoms with Gasteiger partial charge in [-0.3, -0.25) is 0 Å². The van der Waals surface area contributed by atoms with Crippen molar-refractivity contribution < 1.29 is 19.4 Å². The lowest BCUT2D eigenvalue weighted by Gasteiger charge is -2.11. The van der Waals surface area contributed by atoms with Crippen LogP contribution in [0.15, 0.2) is 48.5 Å². The minimum absolute atomic E-state index is 0.223. The third kappa shape index (κ3) is 4.20. The molecule has 1 heterocycles. The molecular formula is C23H27NO4. The third-order valence-electron chi connectivity index (χ3n) is 4.87. The van der Waals surface area contributed by atoms with Gasteiger partial charge in [0, 0.05) is 23.1 Å². The summed E-state index contributed by atoms with van der Waals surface area (Å²) in [7, 11) is 0. The fourth-order valence-corrected chi connectivity index (χ4v) is 3.29. The van der Waals surface area contributed by atoms with Crippen molar-refractivity contribution >= 4 is 16.9 Å². The Kier molecular flexibility index (Phi) is 6.37. The number of nitrogens with zero attached hydrogens (tertiary/aromatic N) is 1. The van der Waals surface area contributed by atoms with E-state index in [-0.39, 0.29) is 12.6 Å². The van der Waals surface area contributed by atoms with E-state index in [1.54, 1.807) is 6.92 Å². The number of rotatable bonds is 8. The summed E-state index contributed by atoms with van der Waals surface area (Å²) in [6, 6.07) is 15.8. The van der Waals surface area contributed by atoms with E-state index in [9.17, 15) is 9.90 Å². The molecule has 0 aliphatic carbocycles. The van der Waals surface area contributed by atoms with Crippen LogP contribution in [0.5, 0.6) is 5.75 Å². The molecule has 1 atom stereocenters. The van der Waals surface area contributed by atoms with Crippen molar-refractivity contribution in [2.24, 2.45) is 0 Å². The lowest BCUT2D eigenvalue weighted by Crippen LogP contribution is -2.15. The van der Waals surface area contributed by atoms with E-state index in [0.29, 0.717) is 30.9 Å². The van der Waals surface area contributed by atoms with Crippen LogP contribution in [0.25, 0.3) is 10.9 Å². The molecule has 0 spiro atoms. The van der Waals surface area contributed by atoms with Crippen LogP contribution in [-0.4, -0.2) is 35.0 Å².